The van der Waals surface area contributed by atoms with Gasteiger partial charge in [0.1, 0.15) is 12.4 Å². The Balaban J connectivity index is 0.00000364. The molecule has 150 valence electrons. The zero-order valence-electron chi connectivity index (χ0n) is 17.0. The smallest absolute Gasteiger partial charge is 0.194 e. The van der Waals surface area contributed by atoms with Crippen molar-refractivity contribution in [1.82, 2.24) is 19.7 Å². The molecule has 1 aromatic heterocycles. The molecule has 2 rings (SSSR count). The molecule has 1 aromatic carbocycles. The summed E-state index contributed by atoms with van der Waals surface area (Å²) in [4.78, 5) is 8.62. The first-order valence-corrected chi connectivity index (χ1v) is 8.88. The van der Waals surface area contributed by atoms with Crippen molar-refractivity contribution in [2.75, 3.05) is 41.3 Å². The second kappa shape index (κ2) is 11.9. The van der Waals surface area contributed by atoms with Gasteiger partial charge in [-0.25, -0.2) is 0 Å². The molecule has 0 aliphatic carbocycles. The van der Waals surface area contributed by atoms with E-state index in [4.69, 9.17) is 4.74 Å². The maximum absolute atomic E-state index is 5.81. The lowest BCUT2D eigenvalue weighted by Gasteiger charge is -2.22. The van der Waals surface area contributed by atoms with Crippen LogP contribution in [0.15, 0.2) is 47.6 Å². The summed E-state index contributed by atoms with van der Waals surface area (Å²) in [5, 5.41) is 3.42. The fourth-order valence-corrected chi connectivity index (χ4v) is 2.64. The molecule has 1 heterocycles. The molecular formula is C20H32IN5O. The van der Waals surface area contributed by atoms with Crippen LogP contribution in [0, 0.1) is 0 Å². The lowest BCUT2D eigenvalue weighted by Crippen LogP contribution is -2.38. The first-order valence-electron chi connectivity index (χ1n) is 8.88. The number of nitrogens with one attached hydrogen (secondary N) is 1. The van der Waals surface area contributed by atoms with Crippen molar-refractivity contribution in [3.63, 3.8) is 0 Å². The van der Waals surface area contributed by atoms with Gasteiger partial charge in [0.05, 0.1) is 6.54 Å². The number of aliphatic imine (C=N–C) groups is 1. The van der Waals surface area contributed by atoms with Gasteiger partial charge in [0.15, 0.2) is 5.96 Å². The molecule has 0 bridgehead atoms. The number of likely N-dealkylation sites (N-methyl/N-ethyl adjacent to an activating group) is 1. The maximum atomic E-state index is 5.81. The van der Waals surface area contributed by atoms with E-state index in [0.29, 0.717) is 13.2 Å². The van der Waals surface area contributed by atoms with E-state index in [1.165, 1.54) is 11.3 Å². The number of guanidine groups is 1. The van der Waals surface area contributed by atoms with Crippen molar-refractivity contribution in [2.45, 2.75) is 13.1 Å². The zero-order valence-corrected chi connectivity index (χ0v) is 19.3. The van der Waals surface area contributed by atoms with Crippen molar-refractivity contribution in [3.8, 4) is 5.75 Å². The van der Waals surface area contributed by atoms with E-state index in [1.54, 1.807) is 0 Å². The molecule has 0 aliphatic rings. The number of hydrogen-bond acceptors (Lipinski definition) is 3. The molecule has 6 nitrogen and oxygen atoms in total. The number of halogens is 1. The van der Waals surface area contributed by atoms with Crippen LogP contribution in [-0.2, 0) is 20.1 Å². The van der Waals surface area contributed by atoms with Crippen molar-refractivity contribution in [1.29, 1.82) is 0 Å². The molecule has 27 heavy (non-hydrogen) atoms. The van der Waals surface area contributed by atoms with Crippen molar-refractivity contribution < 1.29 is 4.74 Å². The van der Waals surface area contributed by atoms with E-state index in [9.17, 15) is 0 Å². The predicted molar refractivity (Wildman–Crippen MR) is 123 cm³/mol. The summed E-state index contributed by atoms with van der Waals surface area (Å²) in [5.41, 5.74) is 2.41. The highest BCUT2D eigenvalue weighted by Gasteiger charge is 2.08. The summed E-state index contributed by atoms with van der Waals surface area (Å²) in [6.45, 7) is 3.09. The average Bonchev–Trinajstić information content (AvgIpc) is 3.00. The van der Waals surface area contributed by atoms with Crippen LogP contribution in [-0.4, -0.2) is 61.7 Å². The summed E-state index contributed by atoms with van der Waals surface area (Å²) < 4.78 is 7.93. The predicted octanol–water partition coefficient (Wildman–Crippen LogP) is 2.79. The van der Waals surface area contributed by atoms with Crippen LogP contribution in [0.5, 0.6) is 5.75 Å². The molecular weight excluding hydrogens is 453 g/mol. The lowest BCUT2D eigenvalue weighted by atomic mass is 10.2. The van der Waals surface area contributed by atoms with Gasteiger partial charge >= 0.3 is 0 Å². The quantitative estimate of drug-likeness (QED) is 0.355. The fourth-order valence-electron chi connectivity index (χ4n) is 2.64. The molecule has 0 aliphatic heterocycles. The summed E-state index contributed by atoms with van der Waals surface area (Å²) in [6.07, 6.45) is 2.06. The molecule has 0 spiro atoms. The monoisotopic (exact) mass is 485 g/mol. The topological polar surface area (TPSA) is 45.0 Å². The van der Waals surface area contributed by atoms with Gasteiger partial charge in [0, 0.05) is 46.1 Å². The summed E-state index contributed by atoms with van der Waals surface area (Å²) in [7, 11) is 10.00. The Morgan fingerprint density at radius 3 is 2.59 bits per heavy atom. The minimum Gasteiger partial charge on any atom is -0.492 e. The largest absolute Gasteiger partial charge is 0.492 e. The van der Waals surface area contributed by atoms with Gasteiger partial charge in [-0.05, 0) is 43.9 Å². The van der Waals surface area contributed by atoms with E-state index >= 15 is 0 Å². The van der Waals surface area contributed by atoms with Gasteiger partial charge in [-0.3, -0.25) is 4.99 Å². The lowest BCUT2D eigenvalue weighted by molar-refractivity contribution is 0.261. The second-order valence-corrected chi connectivity index (χ2v) is 6.67. The third-order valence-corrected chi connectivity index (χ3v) is 4.18. The molecule has 0 radical (unpaired) electrons. The molecule has 0 fully saturated rings. The van der Waals surface area contributed by atoms with Gasteiger partial charge in [-0.1, -0.05) is 12.1 Å². The van der Waals surface area contributed by atoms with Gasteiger partial charge < -0.3 is 24.4 Å². The second-order valence-electron chi connectivity index (χ2n) is 6.67. The Bertz CT molecular complexity index is 714. The zero-order chi connectivity index (χ0) is 18.9. The Morgan fingerprint density at radius 2 is 1.96 bits per heavy atom. The Hall–Kier alpha value is -1.74. The number of ether oxygens (including phenoxy) is 1. The van der Waals surface area contributed by atoms with Crippen molar-refractivity contribution in [3.05, 3.63) is 53.9 Å². The third kappa shape index (κ3) is 7.80. The molecule has 0 saturated carbocycles. The van der Waals surface area contributed by atoms with E-state index < -0.39 is 0 Å². The van der Waals surface area contributed by atoms with Gasteiger partial charge in [-0.2, -0.15) is 0 Å². The fraction of sp³-hybridized carbons (Fsp3) is 0.450. The van der Waals surface area contributed by atoms with E-state index in [-0.39, 0.29) is 24.0 Å². The number of aromatic nitrogens is 1. The van der Waals surface area contributed by atoms with Gasteiger partial charge in [0.2, 0.25) is 0 Å². The van der Waals surface area contributed by atoms with Crippen LogP contribution >= 0.6 is 24.0 Å². The van der Waals surface area contributed by atoms with E-state index in [2.05, 4.69) is 62.2 Å². The number of rotatable bonds is 8. The number of aryl methyl sites for hydroxylation is 1. The standard InChI is InChI=1S/C20H31N5O.HI/c1-21-20(25(5)16-18-9-7-11-24(18)4)22-15-17-8-6-10-19(14-17)26-13-12-23(2)3;/h6-11,14H,12-13,15-16H2,1-5H3,(H,21,22);1H. The first kappa shape index (κ1) is 23.3. The van der Waals surface area contributed by atoms with Crippen LogP contribution in [0.1, 0.15) is 11.3 Å². The van der Waals surface area contributed by atoms with Crippen molar-refractivity contribution >= 4 is 29.9 Å². The first-order chi connectivity index (χ1) is 12.5. The highest BCUT2D eigenvalue weighted by atomic mass is 127. The summed E-state index contributed by atoms with van der Waals surface area (Å²) in [5.74, 6) is 1.77. The molecule has 2 aromatic rings. The van der Waals surface area contributed by atoms with Crippen molar-refractivity contribution in [2.24, 2.45) is 12.0 Å². The van der Waals surface area contributed by atoms with Crippen LogP contribution in [0.4, 0.5) is 0 Å². The Kier molecular flexibility index (Phi) is 10.2. The highest BCUT2D eigenvalue weighted by Crippen LogP contribution is 2.13. The summed E-state index contributed by atoms with van der Waals surface area (Å²) >= 11 is 0. The number of hydrogen-bond donors (Lipinski definition) is 1. The molecule has 7 heteroatoms. The Labute approximate surface area is 180 Å². The minimum absolute atomic E-state index is 0. The van der Waals surface area contributed by atoms with E-state index in [1.807, 2.05) is 40.3 Å². The summed E-state index contributed by atoms with van der Waals surface area (Å²) in [6, 6.07) is 12.4. The maximum Gasteiger partial charge on any atom is 0.194 e. The Morgan fingerprint density at radius 1 is 1.19 bits per heavy atom. The van der Waals surface area contributed by atoms with Crippen LogP contribution in [0.3, 0.4) is 0 Å². The average molecular weight is 485 g/mol. The molecule has 1 N–H and O–H groups in total. The molecule has 0 saturated heterocycles. The van der Waals surface area contributed by atoms with Crippen LogP contribution in [0.25, 0.3) is 0 Å². The number of nitrogens with zero attached hydrogens (tertiary/aromatic N) is 4. The third-order valence-electron chi connectivity index (χ3n) is 4.18. The van der Waals surface area contributed by atoms with Gasteiger partial charge in [0.25, 0.3) is 0 Å². The van der Waals surface area contributed by atoms with Crippen LogP contribution in [0.2, 0.25) is 0 Å². The molecule has 0 amide bonds. The SMILES string of the molecule is CN=C(NCc1cccc(OCCN(C)C)c1)N(C)Cc1cccn1C.I. The van der Waals surface area contributed by atoms with Gasteiger partial charge in [-0.15, -0.1) is 24.0 Å². The normalized spacial score (nSPS) is 11.3. The molecule has 0 atom stereocenters. The van der Waals surface area contributed by atoms with E-state index in [0.717, 1.165) is 24.8 Å². The minimum atomic E-state index is 0. The molecule has 0 unspecified atom stereocenters. The van der Waals surface area contributed by atoms with Crippen LogP contribution < -0.4 is 10.1 Å². The highest BCUT2D eigenvalue weighted by molar-refractivity contribution is 14.0. The number of benzene rings is 1.